The van der Waals surface area contributed by atoms with E-state index in [2.05, 4.69) is 6.92 Å². The number of halogens is 1. The van der Waals surface area contributed by atoms with E-state index >= 15 is 0 Å². The van der Waals surface area contributed by atoms with Gasteiger partial charge in [-0.25, -0.2) is 12.8 Å². The van der Waals surface area contributed by atoms with E-state index in [9.17, 15) is 17.6 Å². The zero-order valence-electron chi connectivity index (χ0n) is 15.1. The molecule has 3 rings (SSSR count). The van der Waals surface area contributed by atoms with Crippen LogP contribution in [0, 0.1) is 11.7 Å². The maximum atomic E-state index is 13.0. The number of benzene rings is 2. The van der Waals surface area contributed by atoms with Crippen molar-refractivity contribution in [1.29, 1.82) is 0 Å². The molecule has 1 aliphatic rings. The SMILES string of the molecule is CCc1ccc(OC(=O)C2CCN(S(=O)(=O)c3ccc(F)cc3)CC2)cc1. The zero-order chi connectivity index (χ0) is 19.4. The molecule has 0 saturated carbocycles. The number of hydrogen-bond donors (Lipinski definition) is 0. The predicted octanol–water partition coefficient (Wildman–Crippen LogP) is 3.39. The Kier molecular flexibility index (Phi) is 5.92. The van der Waals surface area contributed by atoms with Crippen molar-refractivity contribution in [3.8, 4) is 5.75 Å². The molecule has 0 amide bonds. The molecule has 2 aromatic carbocycles. The first-order chi connectivity index (χ1) is 12.9. The van der Waals surface area contributed by atoms with Crippen LogP contribution in [-0.4, -0.2) is 31.8 Å². The van der Waals surface area contributed by atoms with Gasteiger partial charge in [0.2, 0.25) is 10.0 Å². The van der Waals surface area contributed by atoms with Crippen molar-refractivity contribution >= 4 is 16.0 Å². The minimum absolute atomic E-state index is 0.0564. The monoisotopic (exact) mass is 391 g/mol. The molecule has 5 nitrogen and oxygen atoms in total. The van der Waals surface area contributed by atoms with Gasteiger partial charge in [0.15, 0.2) is 0 Å². The number of carbonyl (C=O) groups is 1. The highest BCUT2D eigenvalue weighted by molar-refractivity contribution is 7.89. The lowest BCUT2D eigenvalue weighted by Gasteiger charge is -2.30. The largest absolute Gasteiger partial charge is 0.426 e. The van der Waals surface area contributed by atoms with Crippen LogP contribution >= 0.6 is 0 Å². The topological polar surface area (TPSA) is 63.7 Å². The molecule has 0 N–H and O–H groups in total. The zero-order valence-corrected chi connectivity index (χ0v) is 15.9. The molecule has 0 atom stereocenters. The summed E-state index contributed by atoms with van der Waals surface area (Å²) in [6.45, 7) is 2.51. The first-order valence-electron chi connectivity index (χ1n) is 8.96. The smallest absolute Gasteiger partial charge is 0.314 e. The van der Waals surface area contributed by atoms with Crippen molar-refractivity contribution in [2.24, 2.45) is 5.92 Å². The van der Waals surface area contributed by atoms with Crippen LogP contribution in [0.4, 0.5) is 4.39 Å². The van der Waals surface area contributed by atoms with Gasteiger partial charge < -0.3 is 4.74 Å². The Morgan fingerprint density at radius 3 is 2.22 bits per heavy atom. The summed E-state index contributed by atoms with van der Waals surface area (Å²) in [6.07, 6.45) is 1.70. The van der Waals surface area contributed by atoms with Gasteiger partial charge in [-0.05, 0) is 61.2 Å². The van der Waals surface area contributed by atoms with Crippen LogP contribution in [0.15, 0.2) is 53.4 Å². The Morgan fingerprint density at radius 2 is 1.67 bits per heavy atom. The highest BCUT2D eigenvalue weighted by Gasteiger charge is 2.33. The van der Waals surface area contributed by atoms with Gasteiger partial charge in [-0.15, -0.1) is 0 Å². The number of aryl methyl sites for hydroxylation is 1. The number of esters is 1. The summed E-state index contributed by atoms with van der Waals surface area (Å²) in [6, 6.07) is 12.1. The van der Waals surface area contributed by atoms with Gasteiger partial charge >= 0.3 is 5.97 Å². The molecule has 0 radical (unpaired) electrons. The second kappa shape index (κ2) is 8.19. The first-order valence-corrected chi connectivity index (χ1v) is 10.4. The van der Waals surface area contributed by atoms with Crippen molar-refractivity contribution in [2.45, 2.75) is 31.1 Å². The Morgan fingerprint density at radius 1 is 1.07 bits per heavy atom. The van der Waals surface area contributed by atoms with Gasteiger partial charge in [0, 0.05) is 13.1 Å². The summed E-state index contributed by atoms with van der Waals surface area (Å²) in [5, 5.41) is 0. The summed E-state index contributed by atoms with van der Waals surface area (Å²) in [4.78, 5) is 12.4. The summed E-state index contributed by atoms with van der Waals surface area (Å²) < 4.78 is 45.0. The van der Waals surface area contributed by atoms with Gasteiger partial charge in [-0.2, -0.15) is 4.31 Å². The molecule has 7 heteroatoms. The maximum absolute atomic E-state index is 13.0. The molecule has 27 heavy (non-hydrogen) atoms. The third-order valence-corrected chi connectivity index (χ3v) is 6.70. The van der Waals surface area contributed by atoms with E-state index in [1.807, 2.05) is 12.1 Å². The Hall–Kier alpha value is -2.25. The average molecular weight is 391 g/mol. The Bertz CT molecular complexity index is 887. The first kappa shape index (κ1) is 19.5. The van der Waals surface area contributed by atoms with Crippen LogP contribution in [-0.2, 0) is 21.2 Å². The Labute approximate surface area is 158 Å². The van der Waals surface area contributed by atoms with Crippen LogP contribution in [0.5, 0.6) is 5.75 Å². The van der Waals surface area contributed by atoms with E-state index in [4.69, 9.17) is 4.74 Å². The summed E-state index contributed by atoms with van der Waals surface area (Å²) >= 11 is 0. The van der Waals surface area contributed by atoms with E-state index in [-0.39, 0.29) is 29.9 Å². The van der Waals surface area contributed by atoms with Gasteiger partial charge in [0.1, 0.15) is 11.6 Å². The van der Waals surface area contributed by atoms with Crippen LogP contribution in [0.25, 0.3) is 0 Å². The lowest BCUT2D eigenvalue weighted by atomic mass is 9.98. The van der Waals surface area contributed by atoms with E-state index in [0.717, 1.165) is 24.1 Å². The molecule has 0 spiro atoms. The van der Waals surface area contributed by atoms with E-state index in [1.165, 1.54) is 16.4 Å². The van der Waals surface area contributed by atoms with Gasteiger partial charge in [0.05, 0.1) is 10.8 Å². The fraction of sp³-hybridized carbons (Fsp3) is 0.350. The molecule has 2 aromatic rings. The van der Waals surface area contributed by atoms with Crippen LogP contribution in [0.3, 0.4) is 0 Å². The van der Waals surface area contributed by atoms with Crippen molar-refractivity contribution < 1.29 is 22.3 Å². The van der Waals surface area contributed by atoms with Crippen molar-refractivity contribution in [3.05, 3.63) is 59.9 Å². The number of sulfonamides is 1. The van der Waals surface area contributed by atoms with Crippen molar-refractivity contribution in [2.75, 3.05) is 13.1 Å². The highest BCUT2D eigenvalue weighted by Crippen LogP contribution is 2.25. The third-order valence-electron chi connectivity index (χ3n) is 4.79. The average Bonchev–Trinajstić information content (AvgIpc) is 2.69. The number of nitrogens with zero attached hydrogens (tertiary/aromatic N) is 1. The summed E-state index contributed by atoms with van der Waals surface area (Å²) in [7, 11) is -3.68. The second-order valence-electron chi connectivity index (χ2n) is 6.55. The molecule has 0 aliphatic carbocycles. The molecule has 1 fully saturated rings. The molecule has 1 heterocycles. The summed E-state index contributed by atoms with van der Waals surface area (Å²) in [5.41, 5.74) is 1.16. The normalized spacial score (nSPS) is 16.2. The number of rotatable bonds is 5. The quantitative estimate of drug-likeness (QED) is 0.579. The molecule has 1 saturated heterocycles. The minimum atomic E-state index is -3.68. The molecular weight excluding hydrogens is 369 g/mol. The predicted molar refractivity (Wildman–Crippen MR) is 99.3 cm³/mol. The molecule has 1 aliphatic heterocycles. The lowest BCUT2D eigenvalue weighted by molar-refractivity contribution is -0.140. The van der Waals surface area contributed by atoms with E-state index < -0.39 is 15.8 Å². The summed E-state index contributed by atoms with van der Waals surface area (Å²) in [5.74, 6) is -0.658. The van der Waals surface area contributed by atoms with Gasteiger partial charge in [-0.3, -0.25) is 4.79 Å². The standard InChI is InChI=1S/C20H22FNO4S/c1-2-15-3-7-18(8-4-15)26-20(23)16-11-13-22(14-12-16)27(24,25)19-9-5-17(21)6-10-19/h3-10,16H,2,11-14H2,1H3. The second-order valence-corrected chi connectivity index (χ2v) is 8.49. The third kappa shape index (κ3) is 4.54. The number of piperidine rings is 1. The molecule has 0 unspecified atom stereocenters. The molecule has 0 aromatic heterocycles. The highest BCUT2D eigenvalue weighted by atomic mass is 32.2. The molecule has 0 bridgehead atoms. The number of hydrogen-bond acceptors (Lipinski definition) is 4. The van der Waals surface area contributed by atoms with Crippen molar-refractivity contribution in [1.82, 2.24) is 4.31 Å². The Balaban J connectivity index is 1.59. The maximum Gasteiger partial charge on any atom is 0.314 e. The van der Waals surface area contributed by atoms with Gasteiger partial charge in [-0.1, -0.05) is 19.1 Å². The van der Waals surface area contributed by atoms with Gasteiger partial charge in [0.25, 0.3) is 0 Å². The van der Waals surface area contributed by atoms with Crippen molar-refractivity contribution in [3.63, 3.8) is 0 Å². The lowest BCUT2D eigenvalue weighted by Crippen LogP contribution is -2.41. The molecular formula is C20H22FNO4S. The molecule has 144 valence electrons. The minimum Gasteiger partial charge on any atom is -0.426 e. The fourth-order valence-electron chi connectivity index (χ4n) is 3.08. The van der Waals surface area contributed by atoms with E-state index in [1.54, 1.807) is 12.1 Å². The van der Waals surface area contributed by atoms with Crippen LogP contribution in [0.2, 0.25) is 0 Å². The number of ether oxygens (including phenoxy) is 1. The number of carbonyl (C=O) groups excluding carboxylic acids is 1. The fourth-order valence-corrected chi connectivity index (χ4v) is 4.55. The van der Waals surface area contributed by atoms with Crippen LogP contribution in [0.1, 0.15) is 25.3 Å². The van der Waals surface area contributed by atoms with E-state index in [0.29, 0.717) is 18.6 Å². The van der Waals surface area contributed by atoms with Crippen LogP contribution < -0.4 is 4.74 Å².